The van der Waals surface area contributed by atoms with E-state index in [1.54, 1.807) is 16.8 Å². The summed E-state index contributed by atoms with van der Waals surface area (Å²) in [7, 11) is 0. The number of likely N-dealkylation sites (tertiary alicyclic amines) is 1. The maximum Gasteiger partial charge on any atom is 0.277 e. The first-order valence-electron chi connectivity index (χ1n) is 12.9. The van der Waals surface area contributed by atoms with Crippen LogP contribution in [0.5, 0.6) is 0 Å². The van der Waals surface area contributed by atoms with Crippen LogP contribution in [0.25, 0.3) is 5.69 Å². The summed E-state index contributed by atoms with van der Waals surface area (Å²) in [4.78, 5) is 31.3. The maximum atomic E-state index is 14.0. The van der Waals surface area contributed by atoms with Gasteiger partial charge in [-0.3, -0.25) is 14.5 Å². The molecule has 2 aliphatic heterocycles. The first kappa shape index (κ1) is 23.3. The minimum Gasteiger partial charge on any atom is -0.350 e. The lowest BCUT2D eigenvalue weighted by Gasteiger charge is -2.28. The van der Waals surface area contributed by atoms with Gasteiger partial charge in [-0.05, 0) is 87.0 Å². The number of aromatic nitrogens is 2. The highest BCUT2D eigenvalue weighted by Gasteiger charge is 2.35. The number of carbonyl (C=O) groups excluding carboxylic acids is 2. The third-order valence-electron chi connectivity index (χ3n) is 7.36. The highest BCUT2D eigenvalue weighted by atomic mass is 35.5. The number of hydrogen-bond acceptors (Lipinski definition) is 4. The summed E-state index contributed by atoms with van der Waals surface area (Å²) in [6, 6.07) is 15.5. The molecule has 1 aromatic heterocycles. The number of rotatable bonds is 7. The summed E-state index contributed by atoms with van der Waals surface area (Å²) in [5, 5.41) is 8.22. The van der Waals surface area contributed by atoms with E-state index in [1.807, 2.05) is 29.2 Å². The van der Waals surface area contributed by atoms with Gasteiger partial charge in [-0.1, -0.05) is 29.8 Å². The number of carbonyl (C=O) groups is 2. The average molecular weight is 504 g/mol. The standard InChI is InChI=1S/C28H30ClN5O2/c29-21-6-4-8-23(16-21)34-26-24(25(31-34)27(35)30-17-19-9-10-19)11-14-33(28(26)36)22-7-3-5-20(15-22)18-32-12-1-2-13-32/h3-8,15-16,19H,1-2,9-14,17-18H2,(H,30,35). The Labute approximate surface area is 216 Å². The predicted octanol–water partition coefficient (Wildman–Crippen LogP) is 4.46. The molecule has 36 heavy (non-hydrogen) atoms. The van der Waals surface area contributed by atoms with Gasteiger partial charge in [-0.15, -0.1) is 0 Å². The van der Waals surface area contributed by atoms with Gasteiger partial charge in [0.25, 0.3) is 11.8 Å². The molecule has 7 nitrogen and oxygen atoms in total. The molecule has 0 atom stereocenters. The molecule has 2 fully saturated rings. The molecule has 0 unspecified atom stereocenters. The molecule has 0 spiro atoms. The molecule has 8 heteroatoms. The van der Waals surface area contributed by atoms with Crippen molar-refractivity contribution in [3.8, 4) is 5.69 Å². The van der Waals surface area contributed by atoms with Crippen LogP contribution in [0.3, 0.4) is 0 Å². The lowest BCUT2D eigenvalue weighted by Crippen LogP contribution is -2.39. The highest BCUT2D eigenvalue weighted by molar-refractivity contribution is 6.30. The van der Waals surface area contributed by atoms with Gasteiger partial charge in [-0.2, -0.15) is 5.10 Å². The van der Waals surface area contributed by atoms with Crippen LogP contribution in [0.15, 0.2) is 48.5 Å². The molecule has 186 valence electrons. The second kappa shape index (κ2) is 9.71. The maximum absolute atomic E-state index is 14.0. The number of benzene rings is 2. The summed E-state index contributed by atoms with van der Waals surface area (Å²) >= 11 is 6.27. The smallest absolute Gasteiger partial charge is 0.277 e. The van der Waals surface area contributed by atoms with Crippen molar-refractivity contribution in [2.45, 2.75) is 38.6 Å². The Morgan fingerprint density at radius 2 is 1.81 bits per heavy atom. The highest BCUT2D eigenvalue weighted by Crippen LogP contribution is 2.31. The monoisotopic (exact) mass is 503 g/mol. The molecule has 2 aromatic carbocycles. The lowest BCUT2D eigenvalue weighted by atomic mass is 10.0. The number of nitrogens with zero attached hydrogens (tertiary/aromatic N) is 4. The van der Waals surface area contributed by atoms with E-state index in [0.717, 1.165) is 38.2 Å². The molecule has 1 N–H and O–H groups in total. The molecule has 0 bridgehead atoms. The average Bonchev–Trinajstić information content (AvgIpc) is 3.41. The Balaban J connectivity index is 1.34. The molecule has 1 aliphatic carbocycles. The number of fused-ring (bicyclic) bond motifs is 1. The molecule has 0 radical (unpaired) electrons. The van der Waals surface area contributed by atoms with Crippen LogP contribution < -0.4 is 10.2 Å². The first-order valence-corrected chi connectivity index (χ1v) is 13.2. The molecular formula is C28H30ClN5O2. The van der Waals surface area contributed by atoms with Gasteiger partial charge in [0.15, 0.2) is 5.69 Å². The number of anilines is 1. The third kappa shape index (κ3) is 4.65. The van der Waals surface area contributed by atoms with Crippen molar-refractivity contribution in [2.24, 2.45) is 5.92 Å². The van der Waals surface area contributed by atoms with E-state index in [0.29, 0.717) is 53.1 Å². The number of hydrogen-bond donors (Lipinski definition) is 1. The normalized spacial score (nSPS) is 17.9. The van der Waals surface area contributed by atoms with Gasteiger partial charge >= 0.3 is 0 Å². The van der Waals surface area contributed by atoms with Gasteiger partial charge in [0.2, 0.25) is 0 Å². The van der Waals surface area contributed by atoms with Crippen molar-refractivity contribution >= 4 is 29.1 Å². The molecule has 6 rings (SSSR count). The second-order valence-electron chi connectivity index (χ2n) is 10.1. The van der Waals surface area contributed by atoms with Crippen LogP contribution in [0.2, 0.25) is 5.02 Å². The lowest BCUT2D eigenvalue weighted by molar-refractivity contribution is 0.0945. The van der Waals surface area contributed by atoms with Crippen molar-refractivity contribution in [2.75, 3.05) is 31.1 Å². The van der Waals surface area contributed by atoms with E-state index in [4.69, 9.17) is 11.6 Å². The largest absolute Gasteiger partial charge is 0.350 e. The Morgan fingerprint density at radius 1 is 1.03 bits per heavy atom. The van der Waals surface area contributed by atoms with Crippen molar-refractivity contribution < 1.29 is 9.59 Å². The number of halogens is 1. The predicted molar refractivity (Wildman–Crippen MR) is 140 cm³/mol. The van der Waals surface area contributed by atoms with E-state index < -0.39 is 0 Å². The van der Waals surface area contributed by atoms with Crippen molar-refractivity contribution in [1.29, 1.82) is 0 Å². The quantitative estimate of drug-likeness (QED) is 0.516. The Kier molecular flexibility index (Phi) is 6.27. The van der Waals surface area contributed by atoms with E-state index in [-0.39, 0.29) is 11.8 Å². The summed E-state index contributed by atoms with van der Waals surface area (Å²) in [5.74, 6) is 0.195. The molecule has 1 saturated heterocycles. The number of nitrogens with one attached hydrogen (secondary N) is 1. The van der Waals surface area contributed by atoms with Crippen molar-refractivity contribution in [3.63, 3.8) is 0 Å². The molecule has 1 saturated carbocycles. The number of amides is 2. The van der Waals surface area contributed by atoms with Crippen molar-refractivity contribution in [1.82, 2.24) is 20.0 Å². The fourth-order valence-corrected chi connectivity index (χ4v) is 5.43. The van der Waals surface area contributed by atoms with E-state index in [2.05, 4.69) is 27.4 Å². The zero-order valence-corrected chi connectivity index (χ0v) is 21.0. The Bertz CT molecular complexity index is 1310. The van der Waals surface area contributed by atoms with Crippen LogP contribution >= 0.6 is 11.6 Å². The topological polar surface area (TPSA) is 70.5 Å². The summed E-state index contributed by atoms with van der Waals surface area (Å²) < 4.78 is 1.59. The summed E-state index contributed by atoms with van der Waals surface area (Å²) in [6.07, 6.45) is 5.36. The van der Waals surface area contributed by atoms with E-state index in [9.17, 15) is 9.59 Å². The Morgan fingerprint density at radius 3 is 2.58 bits per heavy atom. The third-order valence-corrected chi connectivity index (χ3v) is 7.59. The van der Waals surface area contributed by atoms with Gasteiger partial charge in [0.1, 0.15) is 5.69 Å². The van der Waals surface area contributed by atoms with Crippen molar-refractivity contribution in [3.05, 3.63) is 76.1 Å². The van der Waals surface area contributed by atoms with Gasteiger partial charge in [0, 0.05) is 35.9 Å². The van der Waals surface area contributed by atoms with Crippen LogP contribution in [0.4, 0.5) is 5.69 Å². The fraction of sp³-hybridized carbons (Fsp3) is 0.393. The zero-order chi connectivity index (χ0) is 24.6. The van der Waals surface area contributed by atoms with Crippen LogP contribution in [-0.4, -0.2) is 52.7 Å². The fourth-order valence-electron chi connectivity index (χ4n) is 5.25. The van der Waals surface area contributed by atoms with Crippen LogP contribution in [0, 0.1) is 5.92 Å². The van der Waals surface area contributed by atoms with E-state index >= 15 is 0 Å². The zero-order valence-electron chi connectivity index (χ0n) is 20.3. The minimum atomic E-state index is -0.215. The Hall–Kier alpha value is -3.16. The molecule has 2 amide bonds. The minimum absolute atomic E-state index is 0.150. The SMILES string of the molecule is O=C(NCC1CC1)c1nn(-c2cccc(Cl)c2)c2c1CCN(c1cccc(CN3CCCC3)c1)C2=O. The summed E-state index contributed by atoms with van der Waals surface area (Å²) in [6.45, 7) is 4.30. The molecule has 3 aliphatic rings. The van der Waals surface area contributed by atoms with Crippen LogP contribution in [-0.2, 0) is 13.0 Å². The molecule has 3 aromatic rings. The summed E-state index contributed by atoms with van der Waals surface area (Å²) in [5.41, 5.74) is 4.22. The second-order valence-corrected chi connectivity index (χ2v) is 10.5. The van der Waals surface area contributed by atoms with Gasteiger partial charge < -0.3 is 10.2 Å². The molecule has 3 heterocycles. The van der Waals surface area contributed by atoms with E-state index in [1.165, 1.54) is 18.4 Å². The first-order chi connectivity index (χ1) is 17.6. The molecular weight excluding hydrogens is 474 g/mol. The van der Waals surface area contributed by atoms with Crippen LogP contribution in [0.1, 0.15) is 57.8 Å². The van der Waals surface area contributed by atoms with Gasteiger partial charge in [-0.25, -0.2) is 4.68 Å². The van der Waals surface area contributed by atoms with Gasteiger partial charge in [0.05, 0.1) is 5.69 Å².